The van der Waals surface area contributed by atoms with Crippen LogP contribution in [0.1, 0.15) is 24.8 Å². The average Bonchev–Trinajstić information content (AvgIpc) is 3.41. The van der Waals surface area contributed by atoms with Gasteiger partial charge in [0, 0.05) is 25.6 Å². The number of allylic oxidation sites excluding steroid dienone is 4. The maximum absolute atomic E-state index is 13.1. The maximum Gasteiger partial charge on any atom is 0.228 e. The van der Waals surface area contributed by atoms with E-state index in [-0.39, 0.29) is 23.6 Å². The quantitative estimate of drug-likeness (QED) is 0.528. The third kappa shape index (κ3) is 5.07. The summed E-state index contributed by atoms with van der Waals surface area (Å²) in [5, 5.41) is 6.41. The number of pyridine rings is 1. The van der Waals surface area contributed by atoms with Crippen molar-refractivity contribution in [3.63, 3.8) is 0 Å². The van der Waals surface area contributed by atoms with Crippen molar-refractivity contribution >= 4 is 23.2 Å². The van der Waals surface area contributed by atoms with Crippen LogP contribution in [-0.2, 0) is 11.3 Å². The molecule has 6 heteroatoms. The molecule has 1 amide bonds. The van der Waals surface area contributed by atoms with Gasteiger partial charge in [0.15, 0.2) is 5.82 Å². The Morgan fingerprint density at radius 1 is 1.12 bits per heavy atom. The number of hydrogen-bond donors (Lipinski definition) is 2. The number of anilines is 3. The van der Waals surface area contributed by atoms with Crippen LogP contribution in [-0.4, -0.2) is 24.0 Å². The monoisotopic (exact) mass is 432 g/mol. The predicted molar refractivity (Wildman–Crippen MR) is 128 cm³/mol. The van der Waals surface area contributed by atoms with Gasteiger partial charge in [-0.15, -0.1) is 0 Å². The van der Waals surface area contributed by atoms with E-state index in [1.807, 2.05) is 18.2 Å². The summed E-state index contributed by atoms with van der Waals surface area (Å²) in [6, 6.07) is 10.2. The van der Waals surface area contributed by atoms with Crippen molar-refractivity contribution in [2.45, 2.75) is 25.8 Å². The zero-order valence-corrected chi connectivity index (χ0v) is 18.2. The van der Waals surface area contributed by atoms with E-state index < -0.39 is 0 Å². The summed E-state index contributed by atoms with van der Waals surface area (Å²) in [6.45, 7) is 9.97. The molecule has 2 fully saturated rings. The van der Waals surface area contributed by atoms with Crippen LogP contribution in [0.4, 0.5) is 21.7 Å². The zero-order valence-electron chi connectivity index (χ0n) is 18.2. The first-order valence-electron chi connectivity index (χ1n) is 11.1. The fourth-order valence-corrected chi connectivity index (χ4v) is 4.17. The van der Waals surface area contributed by atoms with Gasteiger partial charge in [-0.05, 0) is 60.6 Å². The minimum Gasteiger partial charge on any atom is -0.366 e. The third-order valence-corrected chi connectivity index (χ3v) is 6.03. The highest BCUT2D eigenvalue weighted by molar-refractivity contribution is 5.97. The SMILES string of the molecule is C=C/C=C(\C=C)[C@@H]1C[C@H]1C(=O)Nc1ccc(NCc2ccc(F)cc2)nc1N1CCCC1. The fourth-order valence-electron chi connectivity index (χ4n) is 4.17. The number of amides is 1. The van der Waals surface area contributed by atoms with Crippen molar-refractivity contribution < 1.29 is 9.18 Å². The molecular formula is C26H29FN4O. The molecule has 0 radical (unpaired) electrons. The number of nitrogens with zero attached hydrogens (tertiary/aromatic N) is 2. The molecule has 32 heavy (non-hydrogen) atoms. The Hall–Kier alpha value is -3.41. The maximum atomic E-state index is 13.1. The molecule has 166 valence electrons. The second-order valence-electron chi connectivity index (χ2n) is 8.29. The first kappa shape index (κ1) is 21.8. The molecule has 2 N–H and O–H groups in total. The lowest BCUT2D eigenvalue weighted by Gasteiger charge is -2.21. The molecule has 0 spiro atoms. The Bertz CT molecular complexity index is 1020. The summed E-state index contributed by atoms with van der Waals surface area (Å²) in [7, 11) is 0. The van der Waals surface area contributed by atoms with E-state index >= 15 is 0 Å². The van der Waals surface area contributed by atoms with Crippen LogP contribution in [0.5, 0.6) is 0 Å². The Morgan fingerprint density at radius 3 is 2.56 bits per heavy atom. The molecule has 2 atom stereocenters. The number of rotatable bonds is 9. The minimum atomic E-state index is -0.249. The highest BCUT2D eigenvalue weighted by atomic mass is 19.1. The molecular weight excluding hydrogens is 403 g/mol. The second-order valence-corrected chi connectivity index (χ2v) is 8.29. The van der Waals surface area contributed by atoms with Gasteiger partial charge in [-0.1, -0.05) is 43.5 Å². The van der Waals surface area contributed by atoms with Gasteiger partial charge in [0.1, 0.15) is 11.6 Å². The smallest absolute Gasteiger partial charge is 0.228 e. The molecule has 2 aromatic rings. The molecule has 1 aromatic heterocycles. The van der Waals surface area contributed by atoms with Crippen LogP contribution in [0, 0.1) is 17.7 Å². The standard InChI is InChI=1S/C26H29FN4O/c1-3-7-19(4-2)21-16-22(21)26(32)29-23-12-13-24(30-25(23)31-14-5-6-15-31)28-17-18-8-10-20(27)11-9-18/h3-4,7-13,21-22H,1-2,5-6,14-17H2,(H,28,30)(H,29,32)/b19-7+/t21-,22+/m0/s1. The van der Waals surface area contributed by atoms with Crippen molar-refractivity contribution in [2.75, 3.05) is 28.6 Å². The number of carbonyl (C=O) groups excluding carboxylic acids is 1. The molecule has 1 aliphatic heterocycles. The lowest BCUT2D eigenvalue weighted by Crippen LogP contribution is -2.23. The highest BCUT2D eigenvalue weighted by Gasteiger charge is 2.44. The molecule has 1 aromatic carbocycles. The number of carbonyl (C=O) groups is 1. The number of halogens is 1. The van der Waals surface area contributed by atoms with Crippen molar-refractivity contribution in [3.05, 3.63) is 84.7 Å². The lowest BCUT2D eigenvalue weighted by molar-refractivity contribution is -0.117. The first-order chi connectivity index (χ1) is 15.6. The van der Waals surface area contributed by atoms with Gasteiger partial charge in [-0.25, -0.2) is 9.37 Å². The van der Waals surface area contributed by atoms with Crippen LogP contribution in [0.25, 0.3) is 0 Å². The van der Waals surface area contributed by atoms with E-state index in [4.69, 9.17) is 4.98 Å². The molecule has 4 rings (SSSR count). The Balaban J connectivity index is 1.47. The molecule has 2 heterocycles. The normalized spacial score (nSPS) is 20.0. The highest BCUT2D eigenvalue weighted by Crippen LogP contribution is 2.45. The second kappa shape index (κ2) is 9.81. The van der Waals surface area contributed by atoms with Crippen molar-refractivity contribution in [1.29, 1.82) is 0 Å². The molecule has 1 saturated carbocycles. The predicted octanol–water partition coefficient (Wildman–Crippen LogP) is 5.31. The molecule has 2 aliphatic rings. The van der Waals surface area contributed by atoms with E-state index in [1.54, 1.807) is 24.3 Å². The van der Waals surface area contributed by atoms with E-state index in [0.29, 0.717) is 6.54 Å². The van der Waals surface area contributed by atoms with Gasteiger partial charge in [0.05, 0.1) is 5.69 Å². The average molecular weight is 433 g/mol. The van der Waals surface area contributed by atoms with Crippen LogP contribution in [0.15, 0.2) is 73.4 Å². The van der Waals surface area contributed by atoms with E-state index in [1.165, 1.54) is 12.1 Å². The Kier molecular flexibility index (Phi) is 6.69. The van der Waals surface area contributed by atoms with Crippen molar-refractivity contribution in [2.24, 2.45) is 11.8 Å². The largest absolute Gasteiger partial charge is 0.366 e. The van der Waals surface area contributed by atoms with Gasteiger partial charge in [0.2, 0.25) is 5.91 Å². The number of nitrogens with one attached hydrogen (secondary N) is 2. The summed E-state index contributed by atoms with van der Waals surface area (Å²) in [5.41, 5.74) is 2.76. The number of benzene rings is 1. The molecule has 1 saturated heterocycles. The molecule has 1 aliphatic carbocycles. The number of hydrogen-bond acceptors (Lipinski definition) is 4. The van der Waals surface area contributed by atoms with Gasteiger partial charge >= 0.3 is 0 Å². The Morgan fingerprint density at radius 2 is 1.88 bits per heavy atom. The van der Waals surface area contributed by atoms with Crippen LogP contribution in [0.3, 0.4) is 0 Å². The van der Waals surface area contributed by atoms with Crippen LogP contribution < -0.4 is 15.5 Å². The van der Waals surface area contributed by atoms with E-state index in [9.17, 15) is 9.18 Å². The van der Waals surface area contributed by atoms with Crippen molar-refractivity contribution in [3.8, 4) is 0 Å². The summed E-state index contributed by atoms with van der Waals surface area (Å²) in [6.07, 6.45) is 8.50. The molecule has 0 unspecified atom stereocenters. The molecule has 5 nitrogen and oxygen atoms in total. The van der Waals surface area contributed by atoms with Gasteiger partial charge in [-0.3, -0.25) is 4.79 Å². The van der Waals surface area contributed by atoms with E-state index in [2.05, 4.69) is 28.7 Å². The van der Waals surface area contributed by atoms with Gasteiger partial charge < -0.3 is 15.5 Å². The summed E-state index contributed by atoms with van der Waals surface area (Å²) >= 11 is 0. The van der Waals surface area contributed by atoms with Crippen LogP contribution in [0.2, 0.25) is 0 Å². The fraction of sp³-hybridized carbons (Fsp3) is 0.308. The van der Waals surface area contributed by atoms with E-state index in [0.717, 1.165) is 60.8 Å². The molecule has 0 bridgehead atoms. The third-order valence-electron chi connectivity index (χ3n) is 6.03. The zero-order chi connectivity index (χ0) is 22.5. The Labute approximate surface area is 188 Å². The van der Waals surface area contributed by atoms with Crippen LogP contribution >= 0.6 is 0 Å². The summed E-state index contributed by atoms with van der Waals surface area (Å²) < 4.78 is 13.1. The topological polar surface area (TPSA) is 57.3 Å². The number of aromatic nitrogens is 1. The van der Waals surface area contributed by atoms with Gasteiger partial charge in [0.25, 0.3) is 0 Å². The van der Waals surface area contributed by atoms with Crippen molar-refractivity contribution in [1.82, 2.24) is 4.98 Å². The summed E-state index contributed by atoms with van der Waals surface area (Å²) in [4.78, 5) is 19.9. The minimum absolute atomic E-state index is 0.0149. The van der Waals surface area contributed by atoms with Gasteiger partial charge in [-0.2, -0.15) is 0 Å². The summed E-state index contributed by atoms with van der Waals surface area (Å²) in [5.74, 6) is 1.43. The lowest BCUT2D eigenvalue weighted by atomic mass is 10.1. The first-order valence-corrected chi connectivity index (χ1v) is 11.1.